The van der Waals surface area contributed by atoms with Gasteiger partial charge in [0.05, 0.1) is 28.1 Å². The van der Waals surface area contributed by atoms with E-state index >= 15 is 0 Å². The van der Waals surface area contributed by atoms with Crippen LogP contribution in [0.25, 0.3) is 10.9 Å². The average molecular weight is 631 g/mol. The number of aryl methyl sites for hydroxylation is 1. The van der Waals surface area contributed by atoms with Crippen LogP contribution in [-0.2, 0) is 27.7 Å². The third kappa shape index (κ3) is 6.81. The molecule has 1 amide bonds. The minimum absolute atomic E-state index is 0.0172. The Kier molecular flexibility index (Phi) is 9.09. The number of benzene rings is 2. The molecule has 0 bridgehead atoms. The number of alkyl halides is 3. The van der Waals surface area contributed by atoms with Crippen LogP contribution in [0.15, 0.2) is 38.8 Å². The first-order valence-corrected chi connectivity index (χ1v) is 15.2. The zero-order chi connectivity index (χ0) is 31.0. The molecule has 228 valence electrons. The van der Waals surface area contributed by atoms with Crippen molar-refractivity contribution in [3.05, 3.63) is 66.8 Å². The summed E-state index contributed by atoms with van der Waals surface area (Å²) in [5.41, 5.74) is -1.34. The Bertz CT molecular complexity index is 1750. The Morgan fingerprint density at radius 1 is 1.21 bits per heavy atom. The van der Waals surface area contributed by atoms with Crippen molar-refractivity contribution in [3.63, 3.8) is 0 Å². The van der Waals surface area contributed by atoms with Gasteiger partial charge in [-0.05, 0) is 61.7 Å². The first-order chi connectivity index (χ1) is 19.6. The van der Waals surface area contributed by atoms with Crippen molar-refractivity contribution in [1.29, 1.82) is 0 Å². The molecule has 0 aliphatic carbocycles. The summed E-state index contributed by atoms with van der Waals surface area (Å²) in [5.74, 6) is -1.06. The Labute approximate surface area is 244 Å². The fourth-order valence-corrected chi connectivity index (χ4v) is 6.53. The molecule has 1 aliphatic rings. The molecule has 0 saturated carbocycles. The minimum atomic E-state index is -5.07. The Morgan fingerprint density at radius 3 is 2.57 bits per heavy atom. The lowest BCUT2D eigenvalue weighted by Gasteiger charge is -2.27. The van der Waals surface area contributed by atoms with Gasteiger partial charge >= 0.3 is 12.1 Å². The molecule has 1 saturated heterocycles. The van der Waals surface area contributed by atoms with Gasteiger partial charge in [-0.3, -0.25) is 19.1 Å². The van der Waals surface area contributed by atoms with Crippen molar-refractivity contribution in [2.75, 3.05) is 18.8 Å². The van der Waals surface area contributed by atoms with Crippen molar-refractivity contribution in [2.24, 2.45) is 0 Å². The van der Waals surface area contributed by atoms with E-state index in [0.717, 1.165) is 18.9 Å². The number of hydrogen-bond donors (Lipinski definition) is 2. The zero-order valence-corrected chi connectivity index (χ0v) is 24.7. The summed E-state index contributed by atoms with van der Waals surface area (Å²) >= 11 is 6.07. The summed E-state index contributed by atoms with van der Waals surface area (Å²) in [6.07, 6.45) is -3.57. The number of aromatic amines is 1. The third-order valence-electron chi connectivity index (χ3n) is 7.36. The normalized spacial score (nSPS) is 16.2. The van der Waals surface area contributed by atoms with Crippen molar-refractivity contribution in [1.82, 2.24) is 19.8 Å². The molecule has 0 radical (unpaired) electrons. The number of carbonyl (C=O) groups is 1. The summed E-state index contributed by atoms with van der Waals surface area (Å²) in [4.78, 5) is 42.5. The second kappa shape index (κ2) is 12.1. The number of hydrogen-bond acceptors (Lipinski definition) is 7. The Balaban J connectivity index is 1.85. The predicted molar refractivity (Wildman–Crippen MR) is 151 cm³/mol. The molecule has 10 nitrogen and oxygen atoms in total. The zero-order valence-electron chi connectivity index (χ0n) is 23.1. The SMILES string of the molecule is CCS(=O)(=O)c1ccc(Cl)cc1Cn1c(=O)[nH]c2c(C)c(CN3CCC[C@@H]3CNC(C)=O)c(OC(F)(F)F)cc2c1=O. The molecular formula is C27H30ClF3N4O6S. The van der Waals surface area contributed by atoms with Gasteiger partial charge in [0.1, 0.15) is 5.75 Å². The van der Waals surface area contributed by atoms with Crippen LogP contribution in [0.3, 0.4) is 0 Å². The number of nitrogens with zero attached hydrogens (tertiary/aromatic N) is 2. The summed E-state index contributed by atoms with van der Waals surface area (Å²) < 4.78 is 70.9. The van der Waals surface area contributed by atoms with Crippen LogP contribution in [0, 0.1) is 6.92 Å². The summed E-state index contributed by atoms with van der Waals surface area (Å²) in [6.45, 7) is 4.71. The van der Waals surface area contributed by atoms with Crippen molar-refractivity contribution in [3.8, 4) is 5.75 Å². The predicted octanol–water partition coefficient (Wildman–Crippen LogP) is 3.49. The van der Waals surface area contributed by atoms with Crippen LogP contribution < -0.4 is 21.3 Å². The fourth-order valence-electron chi connectivity index (χ4n) is 5.23. The number of sulfone groups is 1. The maximum absolute atomic E-state index is 13.6. The number of carbonyl (C=O) groups excluding carboxylic acids is 1. The van der Waals surface area contributed by atoms with Crippen LogP contribution in [-0.4, -0.2) is 60.0 Å². The van der Waals surface area contributed by atoms with E-state index in [9.17, 15) is 36.0 Å². The van der Waals surface area contributed by atoms with Gasteiger partial charge in [0.15, 0.2) is 9.84 Å². The first-order valence-electron chi connectivity index (χ1n) is 13.2. The second-order valence-corrected chi connectivity index (χ2v) is 12.8. The maximum Gasteiger partial charge on any atom is 0.573 e. The Morgan fingerprint density at radius 2 is 1.93 bits per heavy atom. The van der Waals surface area contributed by atoms with Crippen LogP contribution >= 0.6 is 11.6 Å². The lowest BCUT2D eigenvalue weighted by atomic mass is 10.0. The number of nitrogens with one attached hydrogen (secondary N) is 2. The smallest absolute Gasteiger partial charge is 0.405 e. The summed E-state index contributed by atoms with van der Waals surface area (Å²) in [7, 11) is -3.76. The molecule has 1 atom stereocenters. The topological polar surface area (TPSA) is 131 Å². The van der Waals surface area contributed by atoms with Crippen LogP contribution in [0.4, 0.5) is 13.2 Å². The van der Waals surface area contributed by atoms with E-state index in [2.05, 4.69) is 15.0 Å². The van der Waals surface area contributed by atoms with Gasteiger partial charge < -0.3 is 15.0 Å². The summed E-state index contributed by atoms with van der Waals surface area (Å²) in [6, 6.07) is 4.79. The third-order valence-corrected chi connectivity index (χ3v) is 9.42. The molecule has 3 aromatic rings. The summed E-state index contributed by atoms with van der Waals surface area (Å²) in [5, 5.41) is 2.66. The van der Waals surface area contributed by atoms with Crippen molar-refractivity contribution < 1.29 is 31.1 Å². The van der Waals surface area contributed by atoms with Gasteiger partial charge in [0.2, 0.25) is 5.91 Å². The number of aromatic nitrogens is 2. The van der Waals surface area contributed by atoms with Gasteiger partial charge in [-0.1, -0.05) is 18.5 Å². The van der Waals surface area contributed by atoms with E-state index in [1.54, 1.807) is 0 Å². The molecule has 0 unspecified atom stereocenters. The van der Waals surface area contributed by atoms with Crippen LogP contribution in [0.5, 0.6) is 5.75 Å². The average Bonchev–Trinajstić information content (AvgIpc) is 3.34. The van der Waals surface area contributed by atoms with E-state index in [-0.39, 0.29) is 61.8 Å². The second-order valence-electron chi connectivity index (χ2n) is 10.1. The molecule has 1 aromatic heterocycles. The molecule has 2 N–H and O–H groups in total. The molecule has 2 aromatic carbocycles. The lowest BCUT2D eigenvalue weighted by Crippen LogP contribution is -2.39. The monoisotopic (exact) mass is 630 g/mol. The Hall–Kier alpha value is -3.36. The molecular weight excluding hydrogens is 601 g/mol. The van der Waals surface area contributed by atoms with Gasteiger partial charge in [0.25, 0.3) is 5.56 Å². The molecule has 1 aliphatic heterocycles. The van der Waals surface area contributed by atoms with Crippen LogP contribution in [0.1, 0.15) is 43.4 Å². The number of H-pyrrole nitrogens is 1. The molecule has 42 heavy (non-hydrogen) atoms. The van der Waals surface area contributed by atoms with Crippen LogP contribution in [0.2, 0.25) is 5.02 Å². The van der Waals surface area contributed by atoms with Crippen molar-refractivity contribution in [2.45, 2.75) is 64.0 Å². The fraction of sp³-hybridized carbons (Fsp3) is 0.444. The van der Waals surface area contributed by atoms with E-state index < -0.39 is 39.7 Å². The highest BCUT2D eigenvalue weighted by Gasteiger charge is 2.34. The molecule has 15 heteroatoms. The maximum atomic E-state index is 13.6. The van der Waals surface area contributed by atoms with E-state index in [1.165, 1.54) is 39.0 Å². The molecule has 1 fully saturated rings. The van der Waals surface area contributed by atoms with E-state index in [4.69, 9.17) is 11.6 Å². The quantitative estimate of drug-likeness (QED) is 0.370. The lowest BCUT2D eigenvalue weighted by molar-refractivity contribution is -0.275. The number of amides is 1. The van der Waals surface area contributed by atoms with Crippen molar-refractivity contribution >= 4 is 38.2 Å². The molecule has 2 heterocycles. The first kappa shape index (κ1) is 31.6. The van der Waals surface area contributed by atoms with Gasteiger partial charge in [-0.15, -0.1) is 13.2 Å². The molecule has 0 spiro atoms. The van der Waals surface area contributed by atoms with E-state index in [1.807, 2.05) is 4.90 Å². The molecule has 4 rings (SSSR count). The number of ether oxygens (including phenoxy) is 1. The van der Waals surface area contributed by atoms with Gasteiger partial charge in [0, 0.05) is 36.6 Å². The minimum Gasteiger partial charge on any atom is -0.405 e. The van der Waals surface area contributed by atoms with Gasteiger partial charge in [-0.25, -0.2) is 13.2 Å². The highest BCUT2D eigenvalue weighted by Crippen LogP contribution is 2.34. The number of likely N-dealkylation sites (tertiary alicyclic amines) is 1. The van der Waals surface area contributed by atoms with Gasteiger partial charge in [-0.2, -0.15) is 0 Å². The number of halogens is 4. The number of rotatable bonds is 9. The largest absolute Gasteiger partial charge is 0.573 e. The van der Waals surface area contributed by atoms with E-state index in [0.29, 0.717) is 17.7 Å². The highest BCUT2D eigenvalue weighted by molar-refractivity contribution is 7.91. The highest BCUT2D eigenvalue weighted by atomic mass is 35.5. The standard InChI is InChI=1S/C27H30ClF3N4O6S/c1-4-42(39,40)23-8-7-18(28)10-17(23)13-35-25(37)20-11-22(41-27(29,30)31)21(15(2)24(20)33-26(35)38)14-34-9-5-6-19(34)12-32-16(3)36/h7-8,10-11,19H,4-6,9,12-14H2,1-3H3,(H,32,36)(H,33,38)/t19-/m1/s1. The number of fused-ring (bicyclic) bond motifs is 1.